The van der Waals surface area contributed by atoms with Crippen molar-refractivity contribution in [2.45, 2.75) is 19.0 Å². The first kappa shape index (κ1) is 12.1. The van der Waals surface area contributed by atoms with E-state index < -0.39 is 0 Å². The molecule has 1 saturated heterocycles. The van der Waals surface area contributed by atoms with Crippen LogP contribution in [0.2, 0.25) is 0 Å². The molecule has 0 radical (unpaired) electrons. The molecule has 0 spiro atoms. The predicted octanol–water partition coefficient (Wildman–Crippen LogP) is 3.05. The van der Waals surface area contributed by atoms with Crippen molar-refractivity contribution in [3.05, 3.63) is 59.7 Å². The highest BCUT2D eigenvalue weighted by molar-refractivity contribution is 5.78. The van der Waals surface area contributed by atoms with Crippen LogP contribution in [0.15, 0.2) is 48.5 Å². The molecule has 1 N–H and O–H groups in total. The molecule has 2 aliphatic rings. The van der Waals surface area contributed by atoms with Gasteiger partial charge in [0, 0.05) is 25.7 Å². The Kier molecular flexibility index (Phi) is 2.86. The average molecular weight is 264 g/mol. The monoisotopic (exact) mass is 264 g/mol. The summed E-state index contributed by atoms with van der Waals surface area (Å²) >= 11 is 0. The smallest absolute Gasteiger partial charge is 0.0614 e. The second-order valence-electron chi connectivity index (χ2n) is 5.93. The minimum Gasteiger partial charge on any atom is -0.312 e. The summed E-state index contributed by atoms with van der Waals surface area (Å²) in [5, 5.41) is 3.54. The Morgan fingerprint density at radius 2 is 1.55 bits per heavy atom. The van der Waals surface area contributed by atoms with E-state index in [9.17, 15) is 0 Å². The molecule has 2 aromatic carbocycles. The fourth-order valence-electron chi connectivity index (χ4n) is 3.72. The summed E-state index contributed by atoms with van der Waals surface area (Å²) in [6, 6.07) is 18.8. The van der Waals surface area contributed by atoms with Gasteiger partial charge in [0.05, 0.1) is 6.04 Å². The molecule has 2 aromatic rings. The molecule has 1 fully saturated rings. The maximum Gasteiger partial charge on any atom is 0.0614 e. The molecule has 2 nitrogen and oxygen atoms in total. The van der Waals surface area contributed by atoms with Crippen LogP contribution in [0.4, 0.5) is 0 Å². The molecule has 0 amide bonds. The maximum atomic E-state index is 3.54. The Morgan fingerprint density at radius 1 is 0.950 bits per heavy atom. The lowest BCUT2D eigenvalue weighted by molar-refractivity contribution is 0.172. The van der Waals surface area contributed by atoms with Gasteiger partial charge in [0.2, 0.25) is 0 Å². The van der Waals surface area contributed by atoms with Gasteiger partial charge >= 0.3 is 0 Å². The molecule has 2 heteroatoms. The van der Waals surface area contributed by atoms with Gasteiger partial charge in [-0.15, -0.1) is 0 Å². The third-order valence-corrected chi connectivity index (χ3v) is 4.57. The van der Waals surface area contributed by atoms with E-state index in [0.29, 0.717) is 12.1 Å². The molecule has 20 heavy (non-hydrogen) atoms. The van der Waals surface area contributed by atoms with Gasteiger partial charge in [-0.25, -0.2) is 0 Å². The number of nitrogens with zero attached hydrogens (tertiary/aromatic N) is 1. The molecule has 0 saturated carbocycles. The topological polar surface area (TPSA) is 15.3 Å². The lowest BCUT2D eigenvalue weighted by Gasteiger charge is -2.37. The summed E-state index contributed by atoms with van der Waals surface area (Å²) in [5.74, 6) is 0. The van der Waals surface area contributed by atoms with Crippen molar-refractivity contribution in [1.29, 1.82) is 0 Å². The second kappa shape index (κ2) is 4.72. The lowest BCUT2D eigenvalue weighted by Crippen LogP contribution is -2.50. The molecular formula is C18H20N2. The first-order valence-corrected chi connectivity index (χ1v) is 7.50. The number of fused-ring (bicyclic) bond motifs is 3. The summed E-state index contributed by atoms with van der Waals surface area (Å²) in [6.07, 6.45) is 0. The van der Waals surface area contributed by atoms with Crippen LogP contribution in [0.5, 0.6) is 0 Å². The van der Waals surface area contributed by atoms with Gasteiger partial charge in [-0.3, -0.25) is 4.90 Å². The van der Waals surface area contributed by atoms with E-state index in [2.05, 4.69) is 65.7 Å². The minimum atomic E-state index is 0.437. The highest BCUT2D eigenvalue weighted by atomic mass is 15.2. The van der Waals surface area contributed by atoms with Crippen LogP contribution in [0, 0.1) is 0 Å². The minimum absolute atomic E-state index is 0.437. The van der Waals surface area contributed by atoms with E-state index in [1.807, 2.05) is 0 Å². The van der Waals surface area contributed by atoms with Crippen molar-refractivity contribution < 1.29 is 0 Å². The van der Waals surface area contributed by atoms with Crippen molar-refractivity contribution in [2.24, 2.45) is 0 Å². The van der Waals surface area contributed by atoms with E-state index in [0.717, 1.165) is 19.6 Å². The largest absolute Gasteiger partial charge is 0.312 e. The molecule has 1 heterocycles. The van der Waals surface area contributed by atoms with Gasteiger partial charge in [0.1, 0.15) is 0 Å². The van der Waals surface area contributed by atoms with Gasteiger partial charge in [0.15, 0.2) is 0 Å². The van der Waals surface area contributed by atoms with Crippen molar-refractivity contribution >= 4 is 0 Å². The number of nitrogens with one attached hydrogen (secondary N) is 1. The Labute approximate surface area is 120 Å². The number of hydrogen-bond donors (Lipinski definition) is 1. The fraction of sp³-hybridized carbons (Fsp3) is 0.333. The normalized spacial score (nSPS) is 22.6. The highest BCUT2D eigenvalue weighted by Gasteiger charge is 2.33. The van der Waals surface area contributed by atoms with Crippen molar-refractivity contribution in [3.63, 3.8) is 0 Å². The predicted molar refractivity (Wildman–Crippen MR) is 82.8 cm³/mol. The van der Waals surface area contributed by atoms with E-state index in [1.165, 1.54) is 22.3 Å². The fourth-order valence-corrected chi connectivity index (χ4v) is 3.72. The zero-order chi connectivity index (χ0) is 13.5. The van der Waals surface area contributed by atoms with Crippen molar-refractivity contribution in [3.8, 4) is 11.1 Å². The van der Waals surface area contributed by atoms with Gasteiger partial charge in [-0.05, 0) is 29.2 Å². The van der Waals surface area contributed by atoms with Crippen LogP contribution in [-0.2, 0) is 0 Å². The SMILES string of the molecule is C[C@H]1CN(C2c3ccccc3-c3ccccc32)CCN1. The van der Waals surface area contributed by atoms with Crippen molar-refractivity contribution in [2.75, 3.05) is 19.6 Å². The molecule has 0 bridgehead atoms. The number of rotatable bonds is 1. The molecule has 0 aromatic heterocycles. The van der Waals surface area contributed by atoms with Gasteiger partial charge < -0.3 is 5.32 Å². The molecule has 1 atom stereocenters. The second-order valence-corrected chi connectivity index (χ2v) is 5.93. The van der Waals surface area contributed by atoms with E-state index in [-0.39, 0.29) is 0 Å². The van der Waals surface area contributed by atoms with Gasteiger partial charge in [-0.1, -0.05) is 48.5 Å². The zero-order valence-electron chi connectivity index (χ0n) is 11.8. The number of piperazine rings is 1. The van der Waals surface area contributed by atoms with Crippen LogP contribution >= 0.6 is 0 Å². The van der Waals surface area contributed by atoms with Crippen LogP contribution in [-0.4, -0.2) is 30.6 Å². The first-order valence-electron chi connectivity index (χ1n) is 7.50. The summed E-state index contributed by atoms with van der Waals surface area (Å²) < 4.78 is 0. The van der Waals surface area contributed by atoms with Gasteiger partial charge in [0.25, 0.3) is 0 Å². The van der Waals surface area contributed by atoms with E-state index in [4.69, 9.17) is 0 Å². The zero-order valence-corrected chi connectivity index (χ0v) is 11.8. The van der Waals surface area contributed by atoms with Crippen LogP contribution in [0.25, 0.3) is 11.1 Å². The third kappa shape index (κ3) is 1.80. The molecular weight excluding hydrogens is 244 g/mol. The molecule has 1 aliphatic heterocycles. The first-order chi connectivity index (χ1) is 9.84. The quantitative estimate of drug-likeness (QED) is 0.851. The lowest BCUT2D eigenvalue weighted by atomic mass is 10.0. The Balaban J connectivity index is 1.83. The average Bonchev–Trinajstić information content (AvgIpc) is 2.82. The Morgan fingerprint density at radius 3 is 2.15 bits per heavy atom. The highest BCUT2D eigenvalue weighted by Crippen LogP contribution is 2.46. The maximum absolute atomic E-state index is 3.54. The summed E-state index contributed by atoms with van der Waals surface area (Å²) in [7, 11) is 0. The van der Waals surface area contributed by atoms with Gasteiger partial charge in [-0.2, -0.15) is 0 Å². The third-order valence-electron chi connectivity index (χ3n) is 4.57. The van der Waals surface area contributed by atoms with Crippen molar-refractivity contribution in [1.82, 2.24) is 10.2 Å². The summed E-state index contributed by atoms with van der Waals surface area (Å²) in [6.45, 7) is 5.60. The van der Waals surface area contributed by atoms with E-state index in [1.54, 1.807) is 0 Å². The molecule has 0 unspecified atom stereocenters. The Hall–Kier alpha value is -1.64. The number of benzene rings is 2. The van der Waals surface area contributed by atoms with E-state index >= 15 is 0 Å². The van der Waals surface area contributed by atoms with Crippen LogP contribution in [0.1, 0.15) is 24.1 Å². The molecule has 4 rings (SSSR count). The van der Waals surface area contributed by atoms with Crippen LogP contribution < -0.4 is 5.32 Å². The van der Waals surface area contributed by atoms with Crippen LogP contribution in [0.3, 0.4) is 0 Å². The molecule has 102 valence electrons. The summed E-state index contributed by atoms with van der Waals surface area (Å²) in [5.41, 5.74) is 5.78. The summed E-state index contributed by atoms with van der Waals surface area (Å²) in [4.78, 5) is 2.63. The molecule has 1 aliphatic carbocycles. The number of hydrogen-bond acceptors (Lipinski definition) is 2. The standard InChI is InChI=1S/C18H20N2/c1-13-12-20(11-10-19-13)18-16-8-4-2-6-14(16)15-7-3-5-9-17(15)18/h2-9,13,18-19H,10-12H2,1H3/t13-/m0/s1. The Bertz CT molecular complexity index is 589.